The molecule has 31 heavy (non-hydrogen) atoms. The van der Waals surface area contributed by atoms with E-state index in [-0.39, 0.29) is 17.2 Å². The van der Waals surface area contributed by atoms with Crippen LogP contribution in [-0.2, 0) is 11.3 Å². The largest absolute Gasteiger partial charge is 0.315 e. The Morgan fingerprint density at radius 2 is 1.84 bits per heavy atom. The molecule has 0 spiro atoms. The van der Waals surface area contributed by atoms with Crippen molar-refractivity contribution in [2.75, 3.05) is 17.7 Å². The predicted molar refractivity (Wildman–Crippen MR) is 130 cm³/mol. The standard InChI is InChI=1S/C24H21N3O2S2/c1-3-14-27-23(29)22-19(15-20(31-22)17-10-6-4-7-11-17)25-24(27)30-16-21(28)26(2)18-12-8-5-9-13-18/h3-13,15H,1,14,16H2,2H3. The van der Waals surface area contributed by atoms with E-state index in [0.717, 1.165) is 16.1 Å². The number of nitrogens with zero attached hydrogens (tertiary/aromatic N) is 3. The molecule has 0 aliphatic heterocycles. The first-order chi connectivity index (χ1) is 15.1. The smallest absolute Gasteiger partial charge is 0.272 e. The Morgan fingerprint density at radius 1 is 1.16 bits per heavy atom. The number of thioether (sulfide) groups is 1. The van der Waals surface area contributed by atoms with Crippen molar-refractivity contribution in [1.29, 1.82) is 0 Å². The lowest BCUT2D eigenvalue weighted by Crippen LogP contribution is -2.28. The van der Waals surface area contributed by atoms with Gasteiger partial charge in [-0.2, -0.15) is 0 Å². The third-order valence-electron chi connectivity index (χ3n) is 4.81. The molecule has 0 N–H and O–H groups in total. The van der Waals surface area contributed by atoms with Gasteiger partial charge >= 0.3 is 0 Å². The monoisotopic (exact) mass is 447 g/mol. The molecule has 1 amide bonds. The highest BCUT2D eigenvalue weighted by Crippen LogP contribution is 2.32. The quantitative estimate of drug-likeness (QED) is 0.226. The topological polar surface area (TPSA) is 55.2 Å². The van der Waals surface area contributed by atoms with Gasteiger partial charge in [-0.05, 0) is 23.8 Å². The molecule has 156 valence electrons. The normalized spacial score (nSPS) is 10.9. The SMILES string of the molecule is C=CCn1c(SCC(=O)N(C)c2ccccc2)nc2cc(-c3ccccc3)sc2c1=O. The van der Waals surface area contributed by atoms with Crippen LogP contribution in [0, 0.1) is 0 Å². The molecule has 0 unspecified atom stereocenters. The maximum atomic E-state index is 13.2. The zero-order valence-corrected chi connectivity index (χ0v) is 18.7. The van der Waals surface area contributed by atoms with Gasteiger partial charge in [-0.1, -0.05) is 66.4 Å². The van der Waals surface area contributed by atoms with E-state index in [9.17, 15) is 9.59 Å². The van der Waals surface area contributed by atoms with E-state index in [2.05, 4.69) is 6.58 Å². The molecule has 0 fully saturated rings. The number of carbonyl (C=O) groups excluding carboxylic acids is 1. The Morgan fingerprint density at radius 3 is 2.52 bits per heavy atom. The van der Waals surface area contributed by atoms with Gasteiger partial charge in [0.1, 0.15) is 4.70 Å². The molecular weight excluding hydrogens is 426 g/mol. The zero-order chi connectivity index (χ0) is 21.8. The number of amides is 1. The van der Waals surface area contributed by atoms with Crippen LogP contribution in [0.2, 0.25) is 0 Å². The third kappa shape index (κ3) is 4.47. The van der Waals surface area contributed by atoms with Gasteiger partial charge in [0.15, 0.2) is 5.16 Å². The second-order valence-corrected chi connectivity index (χ2v) is 8.86. The fraction of sp³-hybridized carbons (Fsp3) is 0.125. The molecule has 0 saturated heterocycles. The fourth-order valence-corrected chi connectivity index (χ4v) is 5.13. The Labute approximate surface area is 188 Å². The van der Waals surface area contributed by atoms with Crippen LogP contribution >= 0.6 is 23.1 Å². The van der Waals surface area contributed by atoms with Crippen LogP contribution in [0.25, 0.3) is 20.7 Å². The number of hydrogen-bond donors (Lipinski definition) is 0. The van der Waals surface area contributed by atoms with Crippen LogP contribution in [0.5, 0.6) is 0 Å². The number of para-hydroxylation sites is 1. The van der Waals surface area contributed by atoms with Crippen LogP contribution in [-0.4, -0.2) is 28.3 Å². The molecule has 0 bridgehead atoms. The van der Waals surface area contributed by atoms with Crippen molar-refractivity contribution in [2.45, 2.75) is 11.7 Å². The van der Waals surface area contributed by atoms with Crippen LogP contribution in [0.15, 0.2) is 89.3 Å². The van der Waals surface area contributed by atoms with E-state index in [0.29, 0.717) is 21.9 Å². The fourth-order valence-electron chi connectivity index (χ4n) is 3.15. The van der Waals surface area contributed by atoms with Crippen LogP contribution in [0.3, 0.4) is 0 Å². The molecular formula is C24H21N3O2S2. The lowest BCUT2D eigenvalue weighted by Gasteiger charge is -2.17. The lowest BCUT2D eigenvalue weighted by atomic mass is 10.2. The average Bonchev–Trinajstić information content (AvgIpc) is 3.25. The molecule has 4 aromatic rings. The van der Waals surface area contributed by atoms with Gasteiger partial charge in [0, 0.05) is 24.2 Å². The minimum absolute atomic E-state index is 0.0639. The summed E-state index contributed by atoms with van der Waals surface area (Å²) in [4.78, 5) is 33.2. The Balaban J connectivity index is 1.65. The first kappa shape index (κ1) is 21.1. The molecule has 5 nitrogen and oxygen atoms in total. The molecule has 4 rings (SSSR count). The van der Waals surface area contributed by atoms with Crippen LogP contribution in [0.4, 0.5) is 5.69 Å². The molecule has 0 aliphatic carbocycles. The van der Waals surface area contributed by atoms with Crippen molar-refractivity contribution in [2.24, 2.45) is 0 Å². The number of anilines is 1. The molecule has 0 atom stereocenters. The Hall–Kier alpha value is -3.16. The van der Waals surface area contributed by atoms with E-state index in [1.807, 2.05) is 66.7 Å². The number of carbonyl (C=O) groups is 1. The zero-order valence-electron chi connectivity index (χ0n) is 17.0. The third-order valence-corrected chi connectivity index (χ3v) is 6.93. The molecule has 0 saturated carbocycles. The molecule has 2 aromatic carbocycles. The van der Waals surface area contributed by atoms with E-state index < -0.39 is 0 Å². The van der Waals surface area contributed by atoms with Gasteiger partial charge in [-0.15, -0.1) is 17.9 Å². The van der Waals surface area contributed by atoms with E-state index in [1.165, 1.54) is 23.1 Å². The Bertz CT molecular complexity index is 1280. The van der Waals surface area contributed by atoms with E-state index in [1.54, 1.807) is 22.6 Å². The first-order valence-electron chi connectivity index (χ1n) is 9.73. The highest BCUT2D eigenvalue weighted by molar-refractivity contribution is 7.99. The summed E-state index contributed by atoms with van der Waals surface area (Å²) in [5, 5.41) is 0.518. The summed E-state index contributed by atoms with van der Waals surface area (Å²) in [5.74, 6) is 0.113. The number of aromatic nitrogens is 2. The lowest BCUT2D eigenvalue weighted by molar-refractivity contribution is -0.115. The van der Waals surface area contributed by atoms with Gasteiger partial charge < -0.3 is 4.90 Å². The summed E-state index contributed by atoms with van der Waals surface area (Å²) in [7, 11) is 1.75. The molecule has 0 radical (unpaired) electrons. The van der Waals surface area contributed by atoms with Gasteiger partial charge in [-0.3, -0.25) is 14.2 Å². The number of fused-ring (bicyclic) bond motifs is 1. The summed E-state index contributed by atoms with van der Waals surface area (Å²) in [6.45, 7) is 4.10. The van der Waals surface area contributed by atoms with E-state index in [4.69, 9.17) is 4.98 Å². The first-order valence-corrected chi connectivity index (χ1v) is 11.5. The minimum Gasteiger partial charge on any atom is -0.315 e. The number of hydrogen-bond acceptors (Lipinski definition) is 5. The predicted octanol–water partition coefficient (Wildman–Crippen LogP) is 5.07. The van der Waals surface area contributed by atoms with Gasteiger partial charge in [0.25, 0.3) is 5.56 Å². The van der Waals surface area contributed by atoms with Crippen molar-refractivity contribution in [3.8, 4) is 10.4 Å². The molecule has 2 heterocycles. The minimum atomic E-state index is -0.108. The summed E-state index contributed by atoms with van der Waals surface area (Å²) in [6.07, 6.45) is 1.67. The maximum Gasteiger partial charge on any atom is 0.272 e. The average molecular weight is 448 g/mol. The second kappa shape index (κ2) is 9.32. The summed E-state index contributed by atoms with van der Waals surface area (Å²) in [5.41, 5.74) is 2.42. The molecule has 2 aromatic heterocycles. The summed E-state index contributed by atoms with van der Waals surface area (Å²) >= 11 is 2.71. The summed E-state index contributed by atoms with van der Waals surface area (Å²) < 4.78 is 2.19. The van der Waals surface area contributed by atoms with Gasteiger partial charge in [0.05, 0.1) is 11.3 Å². The van der Waals surface area contributed by atoms with Gasteiger partial charge in [0.2, 0.25) is 5.91 Å². The van der Waals surface area contributed by atoms with Crippen molar-refractivity contribution in [3.63, 3.8) is 0 Å². The highest BCUT2D eigenvalue weighted by Gasteiger charge is 2.17. The van der Waals surface area contributed by atoms with Crippen molar-refractivity contribution >= 4 is 44.9 Å². The van der Waals surface area contributed by atoms with Gasteiger partial charge in [-0.25, -0.2) is 4.98 Å². The Kier molecular flexibility index (Phi) is 6.34. The number of allylic oxidation sites excluding steroid dienone is 1. The molecule has 0 aliphatic rings. The number of thiophene rings is 1. The highest BCUT2D eigenvalue weighted by atomic mass is 32.2. The van der Waals surface area contributed by atoms with Crippen molar-refractivity contribution in [3.05, 3.63) is 89.7 Å². The van der Waals surface area contributed by atoms with E-state index >= 15 is 0 Å². The number of benzene rings is 2. The van der Waals surface area contributed by atoms with Crippen LogP contribution < -0.4 is 10.5 Å². The summed E-state index contributed by atoms with van der Waals surface area (Å²) in [6, 6.07) is 21.3. The van der Waals surface area contributed by atoms with Crippen molar-refractivity contribution < 1.29 is 4.79 Å². The van der Waals surface area contributed by atoms with Crippen LogP contribution in [0.1, 0.15) is 0 Å². The molecule has 7 heteroatoms. The second-order valence-electron chi connectivity index (χ2n) is 6.87. The maximum absolute atomic E-state index is 13.2. The number of rotatable bonds is 7. The van der Waals surface area contributed by atoms with Crippen molar-refractivity contribution in [1.82, 2.24) is 9.55 Å².